The molecule has 2 heterocycles. The fourth-order valence-electron chi connectivity index (χ4n) is 2.11. The number of fused-ring (bicyclic) bond motifs is 1. The van der Waals surface area contributed by atoms with Gasteiger partial charge in [-0.2, -0.15) is 10.2 Å². The molecule has 23 heavy (non-hydrogen) atoms. The number of nitrogens with zero attached hydrogens (tertiary/aromatic N) is 6. The van der Waals surface area contributed by atoms with Gasteiger partial charge in [0, 0.05) is 17.5 Å². The summed E-state index contributed by atoms with van der Waals surface area (Å²) in [5, 5.41) is 24.7. The van der Waals surface area contributed by atoms with Crippen LogP contribution in [0.15, 0.2) is 34.3 Å². The van der Waals surface area contributed by atoms with Gasteiger partial charge in [-0.3, -0.25) is 10.1 Å². The van der Waals surface area contributed by atoms with Gasteiger partial charge in [0.25, 0.3) is 11.5 Å². The van der Waals surface area contributed by atoms with Crippen molar-refractivity contribution in [1.82, 2.24) is 19.6 Å². The highest BCUT2D eigenvalue weighted by molar-refractivity contribution is 7.99. The van der Waals surface area contributed by atoms with E-state index in [9.17, 15) is 10.1 Å². The van der Waals surface area contributed by atoms with Crippen LogP contribution in [0.4, 0.5) is 5.69 Å². The van der Waals surface area contributed by atoms with Crippen LogP contribution in [0.1, 0.15) is 17.0 Å². The largest absolute Gasteiger partial charge is 0.283 e. The lowest BCUT2D eigenvalue weighted by molar-refractivity contribution is -0.387. The summed E-state index contributed by atoms with van der Waals surface area (Å²) in [5.41, 5.74) is 1.93. The average Bonchev–Trinajstić information content (AvgIpc) is 2.89. The Labute approximate surface area is 134 Å². The number of rotatable bonds is 3. The van der Waals surface area contributed by atoms with E-state index < -0.39 is 4.92 Å². The maximum absolute atomic E-state index is 11.1. The molecule has 0 fully saturated rings. The van der Waals surface area contributed by atoms with Crippen LogP contribution in [-0.4, -0.2) is 24.5 Å². The Morgan fingerprint density at radius 2 is 2.09 bits per heavy atom. The first-order chi connectivity index (χ1) is 11.0. The molecule has 8 nitrogen and oxygen atoms in total. The topological polar surface area (TPSA) is 110 Å². The monoisotopic (exact) mass is 326 g/mol. The van der Waals surface area contributed by atoms with E-state index in [4.69, 9.17) is 5.26 Å². The van der Waals surface area contributed by atoms with Crippen LogP contribution in [0, 0.1) is 35.3 Å². The van der Waals surface area contributed by atoms with Crippen molar-refractivity contribution in [2.45, 2.75) is 23.9 Å². The van der Waals surface area contributed by atoms with Gasteiger partial charge in [0.2, 0.25) is 5.16 Å². The molecule has 3 rings (SSSR count). The number of benzene rings is 1. The summed E-state index contributed by atoms with van der Waals surface area (Å²) in [6.07, 6.45) is 0. The van der Waals surface area contributed by atoms with Crippen molar-refractivity contribution in [3.05, 3.63) is 51.3 Å². The van der Waals surface area contributed by atoms with E-state index in [-0.39, 0.29) is 5.69 Å². The molecule has 2 aromatic heterocycles. The number of aromatic nitrogens is 4. The molecule has 0 N–H and O–H groups in total. The number of hydrogen-bond acceptors (Lipinski definition) is 7. The fraction of sp³-hybridized carbons (Fsp3) is 0.143. The highest BCUT2D eigenvalue weighted by Crippen LogP contribution is 2.34. The van der Waals surface area contributed by atoms with Gasteiger partial charge in [-0.25, -0.2) is 9.50 Å². The summed E-state index contributed by atoms with van der Waals surface area (Å²) < 4.78 is 1.58. The molecule has 0 aliphatic rings. The van der Waals surface area contributed by atoms with Crippen LogP contribution < -0.4 is 0 Å². The molecule has 114 valence electrons. The van der Waals surface area contributed by atoms with Gasteiger partial charge in [0.05, 0.1) is 21.5 Å². The standard InChI is InChI=1S/C14H10N6O2S/c1-8-5-9(2)19-13(16-8)17-14(18-19)23-12-6-10(7-15)3-4-11(12)20(21)22/h3-6H,1-2H3. The molecular formula is C14H10N6O2S. The third kappa shape index (κ3) is 2.84. The van der Waals surface area contributed by atoms with Crippen LogP contribution in [0.25, 0.3) is 5.78 Å². The molecule has 0 aliphatic heterocycles. The molecule has 0 aliphatic carbocycles. The minimum atomic E-state index is -0.493. The van der Waals surface area contributed by atoms with E-state index in [0.717, 1.165) is 23.1 Å². The minimum Gasteiger partial charge on any atom is -0.258 e. The maximum Gasteiger partial charge on any atom is 0.283 e. The fourth-order valence-corrected chi connectivity index (χ4v) is 2.99. The summed E-state index contributed by atoms with van der Waals surface area (Å²) in [6.45, 7) is 3.74. The van der Waals surface area contributed by atoms with Gasteiger partial charge in [-0.15, -0.1) is 5.10 Å². The van der Waals surface area contributed by atoms with Gasteiger partial charge in [-0.05, 0) is 43.8 Å². The summed E-state index contributed by atoms with van der Waals surface area (Å²) in [4.78, 5) is 19.5. The normalized spacial score (nSPS) is 10.7. The van der Waals surface area contributed by atoms with Crippen molar-refractivity contribution in [3.63, 3.8) is 0 Å². The molecule has 0 unspecified atom stereocenters. The van der Waals surface area contributed by atoms with E-state index in [1.165, 1.54) is 18.2 Å². The highest BCUT2D eigenvalue weighted by Gasteiger charge is 2.18. The second kappa shape index (κ2) is 5.66. The lowest BCUT2D eigenvalue weighted by atomic mass is 10.2. The average molecular weight is 326 g/mol. The van der Waals surface area contributed by atoms with E-state index in [0.29, 0.717) is 21.4 Å². The Morgan fingerprint density at radius 1 is 1.30 bits per heavy atom. The Morgan fingerprint density at radius 3 is 2.78 bits per heavy atom. The molecule has 0 atom stereocenters. The quantitative estimate of drug-likeness (QED) is 0.537. The Balaban J connectivity index is 2.07. The summed E-state index contributed by atoms with van der Waals surface area (Å²) >= 11 is 1.04. The zero-order valence-electron chi connectivity index (χ0n) is 12.2. The van der Waals surface area contributed by atoms with Crippen LogP contribution in [0.3, 0.4) is 0 Å². The molecule has 9 heteroatoms. The maximum atomic E-state index is 11.1. The zero-order valence-corrected chi connectivity index (χ0v) is 13.0. The third-order valence-electron chi connectivity index (χ3n) is 3.09. The summed E-state index contributed by atoms with van der Waals surface area (Å²) in [7, 11) is 0. The van der Waals surface area contributed by atoms with Gasteiger partial charge < -0.3 is 0 Å². The first kappa shape index (κ1) is 14.9. The first-order valence-electron chi connectivity index (χ1n) is 6.55. The van der Waals surface area contributed by atoms with Crippen molar-refractivity contribution >= 4 is 23.2 Å². The lowest BCUT2D eigenvalue weighted by Gasteiger charge is -2.00. The van der Waals surface area contributed by atoms with Crippen LogP contribution in [0.5, 0.6) is 0 Å². The van der Waals surface area contributed by atoms with Crippen LogP contribution in [0.2, 0.25) is 0 Å². The van der Waals surface area contributed by atoms with E-state index >= 15 is 0 Å². The van der Waals surface area contributed by atoms with Crippen molar-refractivity contribution in [1.29, 1.82) is 5.26 Å². The van der Waals surface area contributed by atoms with Gasteiger partial charge in [-0.1, -0.05) is 0 Å². The Hall–Kier alpha value is -2.99. The van der Waals surface area contributed by atoms with Crippen molar-refractivity contribution < 1.29 is 4.92 Å². The SMILES string of the molecule is Cc1cc(C)n2nc(Sc3cc(C#N)ccc3[N+](=O)[O-])nc2n1. The van der Waals surface area contributed by atoms with Crippen molar-refractivity contribution in [2.75, 3.05) is 0 Å². The highest BCUT2D eigenvalue weighted by atomic mass is 32.2. The van der Waals surface area contributed by atoms with E-state index in [2.05, 4.69) is 15.1 Å². The molecule has 0 saturated heterocycles. The van der Waals surface area contributed by atoms with Gasteiger partial charge in [0.15, 0.2) is 0 Å². The molecule has 0 radical (unpaired) electrons. The molecular weight excluding hydrogens is 316 g/mol. The summed E-state index contributed by atoms with van der Waals surface area (Å²) in [5.74, 6) is 0.434. The smallest absolute Gasteiger partial charge is 0.258 e. The molecule has 0 bridgehead atoms. The molecule has 0 spiro atoms. The molecule has 3 aromatic rings. The molecule has 1 aromatic carbocycles. The number of aryl methyl sites for hydroxylation is 2. The van der Waals surface area contributed by atoms with Gasteiger partial charge in [0.1, 0.15) is 0 Å². The lowest BCUT2D eigenvalue weighted by Crippen LogP contribution is -1.97. The van der Waals surface area contributed by atoms with E-state index in [1.807, 2.05) is 26.0 Å². The van der Waals surface area contributed by atoms with Gasteiger partial charge >= 0.3 is 0 Å². The predicted octanol–water partition coefficient (Wildman–Crippen LogP) is 2.67. The number of hydrogen-bond donors (Lipinski definition) is 0. The van der Waals surface area contributed by atoms with E-state index in [1.54, 1.807) is 4.52 Å². The summed E-state index contributed by atoms with van der Waals surface area (Å²) in [6, 6.07) is 8.02. The molecule has 0 amide bonds. The first-order valence-corrected chi connectivity index (χ1v) is 7.37. The second-order valence-electron chi connectivity index (χ2n) is 4.80. The molecule has 0 saturated carbocycles. The number of nitro benzene ring substituents is 1. The van der Waals surface area contributed by atoms with Crippen LogP contribution in [-0.2, 0) is 0 Å². The minimum absolute atomic E-state index is 0.0892. The predicted molar refractivity (Wildman–Crippen MR) is 82.2 cm³/mol. The van der Waals surface area contributed by atoms with Crippen molar-refractivity contribution in [3.8, 4) is 6.07 Å². The second-order valence-corrected chi connectivity index (χ2v) is 5.81. The third-order valence-corrected chi connectivity index (χ3v) is 3.99. The van der Waals surface area contributed by atoms with Crippen molar-refractivity contribution in [2.24, 2.45) is 0 Å². The zero-order chi connectivity index (χ0) is 16.6. The Kier molecular flexibility index (Phi) is 3.67. The number of nitriles is 1. The van der Waals surface area contributed by atoms with Crippen LogP contribution >= 0.6 is 11.8 Å². The number of nitro groups is 1. The Bertz CT molecular complexity index is 975.